The lowest BCUT2D eigenvalue weighted by Crippen LogP contribution is -2.42. The number of carbonyl (C=O) groups is 1. The number of benzene rings is 2. The smallest absolute Gasteiger partial charge is 0.173 e. The van der Waals surface area contributed by atoms with Gasteiger partial charge in [-0.25, -0.2) is 0 Å². The van der Waals surface area contributed by atoms with Crippen molar-refractivity contribution >= 4 is 17.4 Å². The average Bonchev–Trinajstić information content (AvgIpc) is 2.40. The van der Waals surface area contributed by atoms with Crippen LogP contribution < -0.4 is 0 Å². The van der Waals surface area contributed by atoms with E-state index in [1.807, 2.05) is 54.6 Å². The van der Waals surface area contributed by atoms with Gasteiger partial charge in [0.25, 0.3) is 0 Å². The van der Waals surface area contributed by atoms with Crippen molar-refractivity contribution in [3.05, 3.63) is 70.7 Å². The van der Waals surface area contributed by atoms with Gasteiger partial charge in [-0.05, 0) is 30.5 Å². The molecule has 3 rings (SSSR count). The Balaban J connectivity index is 2.00. The molecule has 2 aromatic carbocycles. The van der Waals surface area contributed by atoms with Gasteiger partial charge >= 0.3 is 0 Å². The highest BCUT2D eigenvalue weighted by Gasteiger charge is 2.45. The van der Waals surface area contributed by atoms with Crippen LogP contribution in [0.25, 0.3) is 0 Å². The molecule has 0 N–H and O–H groups in total. The third kappa shape index (κ3) is 2.08. The maximum atomic E-state index is 12.8. The maximum absolute atomic E-state index is 12.8. The van der Waals surface area contributed by atoms with Crippen LogP contribution in [-0.2, 0) is 5.41 Å². The van der Waals surface area contributed by atoms with Crippen LogP contribution in [0, 0.1) is 0 Å². The molecule has 96 valence electrons. The Morgan fingerprint density at radius 1 is 0.947 bits per heavy atom. The molecule has 0 aromatic heterocycles. The average molecular weight is 271 g/mol. The van der Waals surface area contributed by atoms with Crippen LogP contribution in [0.2, 0.25) is 5.02 Å². The van der Waals surface area contributed by atoms with Gasteiger partial charge in [0, 0.05) is 10.6 Å². The van der Waals surface area contributed by atoms with Crippen molar-refractivity contribution in [2.75, 3.05) is 0 Å². The number of carbonyl (C=O) groups excluding carboxylic acids is 1. The van der Waals surface area contributed by atoms with Gasteiger partial charge in [0.15, 0.2) is 5.78 Å². The summed E-state index contributed by atoms with van der Waals surface area (Å²) < 4.78 is 0. The highest BCUT2D eigenvalue weighted by Crippen LogP contribution is 2.46. The number of hydrogen-bond acceptors (Lipinski definition) is 1. The Morgan fingerprint density at radius 2 is 1.58 bits per heavy atom. The first-order valence-electron chi connectivity index (χ1n) is 6.58. The SMILES string of the molecule is O=C(c1ccccc1)C1(c2ccc(Cl)cc2)CCC1. The summed E-state index contributed by atoms with van der Waals surface area (Å²) >= 11 is 5.93. The molecule has 1 fully saturated rings. The Kier molecular flexibility index (Phi) is 3.16. The lowest BCUT2D eigenvalue weighted by molar-refractivity contribution is 0.0789. The zero-order valence-electron chi connectivity index (χ0n) is 10.6. The zero-order valence-corrected chi connectivity index (χ0v) is 11.4. The minimum Gasteiger partial charge on any atom is -0.293 e. The predicted octanol–water partition coefficient (Wildman–Crippen LogP) is 4.64. The Labute approximate surface area is 118 Å². The van der Waals surface area contributed by atoms with E-state index in [-0.39, 0.29) is 11.2 Å². The lowest BCUT2D eigenvalue weighted by atomic mass is 9.61. The van der Waals surface area contributed by atoms with E-state index in [2.05, 4.69) is 0 Å². The van der Waals surface area contributed by atoms with E-state index in [9.17, 15) is 4.79 Å². The summed E-state index contributed by atoms with van der Waals surface area (Å²) in [6, 6.07) is 17.3. The second-order valence-corrected chi connectivity index (χ2v) is 5.57. The van der Waals surface area contributed by atoms with Gasteiger partial charge in [-0.2, -0.15) is 0 Å². The van der Waals surface area contributed by atoms with Crippen molar-refractivity contribution in [3.8, 4) is 0 Å². The van der Waals surface area contributed by atoms with Crippen LogP contribution in [0.3, 0.4) is 0 Å². The van der Waals surface area contributed by atoms with Crippen molar-refractivity contribution in [1.29, 1.82) is 0 Å². The third-order valence-electron chi connectivity index (χ3n) is 4.07. The van der Waals surface area contributed by atoms with Gasteiger partial charge in [0.2, 0.25) is 0 Å². The molecule has 0 radical (unpaired) electrons. The summed E-state index contributed by atoms with van der Waals surface area (Å²) in [5, 5.41) is 0.713. The van der Waals surface area contributed by atoms with Crippen molar-refractivity contribution in [2.24, 2.45) is 0 Å². The highest BCUT2D eigenvalue weighted by molar-refractivity contribution is 6.30. The fourth-order valence-corrected chi connectivity index (χ4v) is 2.94. The molecular weight excluding hydrogens is 256 g/mol. The van der Waals surface area contributed by atoms with Crippen LogP contribution >= 0.6 is 11.6 Å². The van der Waals surface area contributed by atoms with Gasteiger partial charge in [-0.1, -0.05) is 60.5 Å². The Bertz CT molecular complexity index is 582. The first kappa shape index (κ1) is 12.4. The van der Waals surface area contributed by atoms with Crippen LogP contribution in [0.4, 0.5) is 0 Å². The molecule has 0 bridgehead atoms. The first-order valence-corrected chi connectivity index (χ1v) is 6.96. The molecule has 0 heterocycles. The van der Waals surface area contributed by atoms with E-state index in [0.717, 1.165) is 30.4 Å². The maximum Gasteiger partial charge on any atom is 0.173 e. The molecule has 0 amide bonds. The summed E-state index contributed by atoms with van der Waals surface area (Å²) in [6.45, 7) is 0. The van der Waals surface area contributed by atoms with Crippen molar-refractivity contribution < 1.29 is 4.79 Å². The van der Waals surface area contributed by atoms with Crippen LogP contribution in [0.1, 0.15) is 35.2 Å². The summed E-state index contributed by atoms with van der Waals surface area (Å²) in [6.07, 6.45) is 2.98. The zero-order chi connectivity index (χ0) is 13.3. The highest BCUT2D eigenvalue weighted by atomic mass is 35.5. The minimum atomic E-state index is -0.327. The van der Waals surface area contributed by atoms with Gasteiger partial charge in [-0.15, -0.1) is 0 Å². The molecule has 1 aliphatic rings. The largest absolute Gasteiger partial charge is 0.293 e. The molecule has 2 aromatic rings. The fourth-order valence-electron chi connectivity index (χ4n) is 2.81. The van der Waals surface area contributed by atoms with E-state index in [0.29, 0.717) is 5.02 Å². The van der Waals surface area contributed by atoms with Crippen molar-refractivity contribution in [1.82, 2.24) is 0 Å². The normalized spacial score (nSPS) is 16.7. The van der Waals surface area contributed by atoms with E-state index >= 15 is 0 Å². The van der Waals surface area contributed by atoms with E-state index < -0.39 is 0 Å². The minimum absolute atomic E-state index is 0.238. The van der Waals surface area contributed by atoms with Crippen molar-refractivity contribution in [3.63, 3.8) is 0 Å². The fraction of sp³-hybridized carbons (Fsp3) is 0.235. The quantitative estimate of drug-likeness (QED) is 0.742. The van der Waals surface area contributed by atoms with Crippen molar-refractivity contribution in [2.45, 2.75) is 24.7 Å². The molecule has 1 nitrogen and oxygen atoms in total. The molecule has 0 spiro atoms. The van der Waals surface area contributed by atoms with Gasteiger partial charge < -0.3 is 0 Å². The number of hydrogen-bond donors (Lipinski definition) is 0. The third-order valence-corrected chi connectivity index (χ3v) is 4.33. The van der Waals surface area contributed by atoms with E-state index in [1.54, 1.807) is 0 Å². The molecule has 0 atom stereocenters. The molecule has 1 saturated carbocycles. The molecule has 1 aliphatic carbocycles. The Morgan fingerprint density at radius 3 is 2.11 bits per heavy atom. The van der Waals surface area contributed by atoms with Gasteiger partial charge in [0.05, 0.1) is 5.41 Å². The number of rotatable bonds is 3. The number of ketones is 1. The molecule has 0 aliphatic heterocycles. The molecule has 0 saturated heterocycles. The second-order valence-electron chi connectivity index (χ2n) is 5.14. The standard InChI is InChI=1S/C17H15ClO/c18-15-9-7-14(8-10-15)17(11-4-12-17)16(19)13-5-2-1-3-6-13/h1-3,5-10H,4,11-12H2. The van der Waals surface area contributed by atoms with Crippen LogP contribution in [0.5, 0.6) is 0 Å². The monoisotopic (exact) mass is 270 g/mol. The van der Waals surface area contributed by atoms with Crippen LogP contribution in [0.15, 0.2) is 54.6 Å². The molecule has 2 heteroatoms. The molecule has 0 unspecified atom stereocenters. The summed E-state index contributed by atoms with van der Waals surface area (Å²) in [5.74, 6) is 0.238. The van der Waals surface area contributed by atoms with Crippen LogP contribution in [-0.4, -0.2) is 5.78 Å². The summed E-state index contributed by atoms with van der Waals surface area (Å²) in [4.78, 5) is 12.8. The van der Waals surface area contributed by atoms with E-state index in [4.69, 9.17) is 11.6 Å². The van der Waals surface area contributed by atoms with Gasteiger partial charge in [-0.3, -0.25) is 4.79 Å². The number of Topliss-reactive ketones (excluding diaryl/α,β-unsaturated/α-hetero) is 1. The summed E-state index contributed by atoms with van der Waals surface area (Å²) in [7, 11) is 0. The van der Waals surface area contributed by atoms with Gasteiger partial charge in [0.1, 0.15) is 0 Å². The number of halogens is 1. The predicted molar refractivity (Wildman–Crippen MR) is 77.8 cm³/mol. The van der Waals surface area contributed by atoms with E-state index in [1.165, 1.54) is 0 Å². The molecular formula is C17H15ClO. The topological polar surface area (TPSA) is 17.1 Å². The molecule has 19 heavy (non-hydrogen) atoms. The summed E-state index contributed by atoms with van der Waals surface area (Å²) in [5.41, 5.74) is 1.57. The second kappa shape index (κ2) is 4.82. The lowest BCUT2D eigenvalue weighted by Gasteiger charge is -2.41. The Hall–Kier alpha value is -1.60. The first-order chi connectivity index (χ1) is 9.22.